The SMILES string of the molecule is Cl.O=C(O)C1CCN(C(=O)/C=C/c2ccc(Cl)cc2)C1. The van der Waals surface area contributed by atoms with Gasteiger partial charge >= 0.3 is 5.97 Å². The van der Waals surface area contributed by atoms with E-state index in [0.29, 0.717) is 24.5 Å². The second kappa shape index (κ2) is 7.31. The number of nitrogens with zero attached hydrogens (tertiary/aromatic N) is 1. The van der Waals surface area contributed by atoms with E-state index < -0.39 is 11.9 Å². The number of hydrogen-bond donors (Lipinski definition) is 1. The molecule has 1 amide bonds. The lowest BCUT2D eigenvalue weighted by molar-refractivity contribution is -0.141. The Morgan fingerprint density at radius 1 is 1.30 bits per heavy atom. The summed E-state index contributed by atoms with van der Waals surface area (Å²) in [6, 6.07) is 7.14. The minimum absolute atomic E-state index is 0. The molecule has 1 aliphatic heterocycles. The van der Waals surface area contributed by atoms with Crippen LogP contribution in [0.4, 0.5) is 0 Å². The number of likely N-dealkylation sites (tertiary alicyclic amines) is 1. The van der Waals surface area contributed by atoms with E-state index in [1.807, 2.05) is 12.1 Å². The first-order valence-electron chi connectivity index (χ1n) is 6.01. The van der Waals surface area contributed by atoms with Gasteiger partial charge in [0.1, 0.15) is 0 Å². The molecule has 0 bridgehead atoms. The van der Waals surface area contributed by atoms with Crippen molar-refractivity contribution in [1.29, 1.82) is 0 Å². The monoisotopic (exact) mass is 315 g/mol. The Labute approximate surface area is 128 Å². The Bertz CT molecular complexity index is 514. The maximum atomic E-state index is 11.9. The highest BCUT2D eigenvalue weighted by Gasteiger charge is 2.29. The Kier molecular flexibility index (Phi) is 6.05. The molecule has 6 heteroatoms. The van der Waals surface area contributed by atoms with Crippen LogP contribution in [0.2, 0.25) is 5.02 Å². The van der Waals surface area contributed by atoms with E-state index >= 15 is 0 Å². The van der Waals surface area contributed by atoms with E-state index in [0.717, 1.165) is 5.56 Å². The van der Waals surface area contributed by atoms with Crippen LogP contribution in [-0.4, -0.2) is 35.0 Å². The van der Waals surface area contributed by atoms with E-state index in [1.54, 1.807) is 23.1 Å². The third kappa shape index (κ3) is 4.25. The van der Waals surface area contributed by atoms with Crippen LogP contribution in [0.15, 0.2) is 30.3 Å². The number of carbonyl (C=O) groups excluding carboxylic acids is 1. The number of carbonyl (C=O) groups is 2. The molecule has 1 heterocycles. The van der Waals surface area contributed by atoms with Gasteiger partial charge in [-0.2, -0.15) is 0 Å². The molecule has 0 aliphatic carbocycles. The first-order valence-corrected chi connectivity index (χ1v) is 6.39. The number of aliphatic carboxylic acids is 1. The van der Waals surface area contributed by atoms with Crippen molar-refractivity contribution >= 4 is 42.0 Å². The molecule has 1 fully saturated rings. The Hall–Kier alpha value is -1.52. The summed E-state index contributed by atoms with van der Waals surface area (Å²) in [5, 5.41) is 9.52. The van der Waals surface area contributed by atoms with Gasteiger partial charge in [-0.15, -0.1) is 12.4 Å². The van der Waals surface area contributed by atoms with E-state index in [9.17, 15) is 9.59 Å². The lowest BCUT2D eigenvalue weighted by Gasteiger charge is -2.12. The molecule has 108 valence electrons. The van der Waals surface area contributed by atoms with Gasteiger partial charge in [-0.1, -0.05) is 23.7 Å². The van der Waals surface area contributed by atoms with Crippen LogP contribution >= 0.6 is 24.0 Å². The van der Waals surface area contributed by atoms with E-state index in [1.165, 1.54) is 6.08 Å². The number of rotatable bonds is 3. The third-order valence-corrected chi connectivity index (χ3v) is 3.39. The second-order valence-electron chi connectivity index (χ2n) is 4.49. The van der Waals surface area contributed by atoms with Crippen molar-refractivity contribution in [3.05, 3.63) is 40.9 Å². The molecule has 0 radical (unpaired) electrons. The third-order valence-electron chi connectivity index (χ3n) is 3.14. The predicted molar refractivity (Wildman–Crippen MR) is 80.1 cm³/mol. The van der Waals surface area contributed by atoms with Gasteiger partial charge < -0.3 is 10.0 Å². The minimum Gasteiger partial charge on any atom is -0.481 e. The summed E-state index contributed by atoms with van der Waals surface area (Å²) in [7, 11) is 0. The largest absolute Gasteiger partial charge is 0.481 e. The van der Waals surface area contributed by atoms with Gasteiger partial charge in [0.2, 0.25) is 5.91 Å². The number of hydrogen-bond acceptors (Lipinski definition) is 2. The van der Waals surface area contributed by atoms with E-state index in [2.05, 4.69) is 0 Å². The summed E-state index contributed by atoms with van der Waals surface area (Å²) in [4.78, 5) is 24.2. The molecule has 1 aromatic rings. The van der Waals surface area contributed by atoms with Crippen molar-refractivity contribution in [2.24, 2.45) is 5.92 Å². The molecule has 0 saturated carbocycles. The molecule has 20 heavy (non-hydrogen) atoms. The zero-order chi connectivity index (χ0) is 13.8. The fourth-order valence-electron chi connectivity index (χ4n) is 2.01. The van der Waals surface area contributed by atoms with Crippen LogP contribution in [0, 0.1) is 5.92 Å². The highest BCUT2D eigenvalue weighted by Crippen LogP contribution is 2.17. The number of amides is 1. The highest BCUT2D eigenvalue weighted by molar-refractivity contribution is 6.30. The smallest absolute Gasteiger partial charge is 0.308 e. The summed E-state index contributed by atoms with van der Waals surface area (Å²) in [5.74, 6) is -1.43. The Morgan fingerprint density at radius 2 is 1.95 bits per heavy atom. The molecule has 0 spiro atoms. The van der Waals surface area contributed by atoms with Gasteiger partial charge in [0.05, 0.1) is 5.92 Å². The van der Waals surface area contributed by atoms with Crippen LogP contribution in [0.5, 0.6) is 0 Å². The second-order valence-corrected chi connectivity index (χ2v) is 4.93. The Morgan fingerprint density at radius 3 is 2.50 bits per heavy atom. The molecule has 1 aromatic carbocycles. The molecular formula is C14H15Cl2NO3. The average molecular weight is 316 g/mol. The molecule has 1 atom stereocenters. The lowest BCUT2D eigenvalue weighted by Crippen LogP contribution is -2.28. The first kappa shape index (κ1) is 16.5. The molecule has 0 aromatic heterocycles. The summed E-state index contributed by atoms with van der Waals surface area (Å²) < 4.78 is 0. The fourth-order valence-corrected chi connectivity index (χ4v) is 2.13. The Balaban J connectivity index is 0.00000200. The van der Waals surface area contributed by atoms with Gasteiger partial charge in [0, 0.05) is 24.2 Å². The zero-order valence-corrected chi connectivity index (χ0v) is 12.2. The van der Waals surface area contributed by atoms with Crippen LogP contribution in [-0.2, 0) is 9.59 Å². The highest BCUT2D eigenvalue weighted by atomic mass is 35.5. The number of benzene rings is 1. The predicted octanol–water partition coefficient (Wildman–Crippen LogP) is 2.71. The average Bonchev–Trinajstić information content (AvgIpc) is 2.87. The molecule has 1 aliphatic rings. The van der Waals surface area contributed by atoms with Gasteiger partial charge in [-0.3, -0.25) is 9.59 Å². The molecule has 2 rings (SSSR count). The van der Waals surface area contributed by atoms with E-state index in [4.69, 9.17) is 16.7 Å². The number of carboxylic acids is 1. The van der Waals surface area contributed by atoms with Crippen LogP contribution in [0.1, 0.15) is 12.0 Å². The van der Waals surface area contributed by atoms with E-state index in [-0.39, 0.29) is 18.3 Å². The van der Waals surface area contributed by atoms with Crippen molar-refractivity contribution in [3.63, 3.8) is 0 Å². The van der Waals surface area contributed by atoms with Gasteiger partial charge in [-0.25, -0.2) is 0 Å². The van der Waals surface area contributed by atoms with Crippen molar-refractivity contribution in [3.8, 4) is 0 Å². The first-order chi connectivity index (χ1) is 9.06. The standard InChI is InChI=1S/C14H14ClNO3.ClH/c15-12-4-1-10(2-5-12)3-6-13(17)16-8-7-11(9-16)14(18)19;/h1-6,11H,7-9H2,(H,18,19);1H/b6-3+;. The van der Waals surface area contributed by atoms with Crippen molar-refractivity contribution in [2.75, 3.05) is 13.1 Å². The molecule has 1 saturated heterocycles. The number of halogens is 2. The van der Waals surface area contributed by atoms with Gasteiger partial charge in [-0.05, 0) is 30.2 Å². The minimum atomic E-state index is -0.836. The molecule has 4 nitrogen and oxygen atoms in total. The number of carboxylic acid groups (broad SMARTS) is 1. The summed E-state index contributed by atoms with van der Waals surface area (Å²) in [5.41, 5.74) is 0.881. The maximum absolute atomic E-state index is 11.9. The summed E-state index contributed by atoms with van der Waals surface area (Å²) in [6.45, 7) is 0.792. The fraction of sp³-hybridized carbons (Fsp3) is 0.286. The van der Waals surface area contributed by atoms with Gasteiger partial charge in [0.15, 0.2) is 0 Å². The molecule has 1 N–H and O–H groups in total. The maximum Gasteiger partial charge on any atom is 0.308 e. The van der Waals surface area contributed by atoms with Crippen LogP contribution < -0.4 is 0 Å². The lowest BCUT2D eigenvalue weighted by atomic mass is 10.1. The normalized spacial score (nSPS) is 18.1. The topological polar surface area (TPSA) is 57.6 Å². The molecule has 1 unspecified atom stereocenters. The van der Waals surface area contributed by atoms with Crippen LogP contribution in [0.3, 0.4) is 0 Å². The van der Waals surface area contributed by atoms with Crippen molar-refractivity contribution < 1.29 is 14.7 Å². The zero-order valence-electron chi connectivity index (χ0n) is 10.7. The van der Waals surface area contributed by atoms with Gasteiger partial charge in [0.25, 0.3) is 0 Å². The van der Waals surface area contributed by atoms with Crippen molar-refractivity contribution in [1.82, 2.24) is 4.90 Å². The quantitative estimate of drug-likeness (QED) is 0.872. The molecular weight excluding hydrogens is 301 g/mol. The van der Waals surface area contributed by atoms with Crippen molar-refractivity contribution in [2.45, 2.75) is 6.42 Å². The summed E-state index contributed by atoms with van der Waals surface area (Å²) in [6.07, 6.45) is 3.69. The summed E-state index contributed by atoms with van der Waals surface area (Å²) >= 11 is 5.77. The van der Waals surface area contributed by atoms with Crippen LogP contribution in [0.25, 0.3) is 6.08 Å².